The normalized spacial score (nSPS) is 19.1. The summed E-state index contributed by atoms with van der Waals surface area (Å²) < 4.78 is 7.00. The highest BCUT2D eigenvalue weighted by Gasteiger charge is 2.32. The molecule has 0 unspecified atom stereocenters. The summed E-state index contributed by atoms with van der Waals surface area (Å²) in [6.45, 7) is 6.77. The van der Waals surface area contributed by atoms with Crippen LogP contribution in [-0.2, 0) is 11.3 Å². The lowest BCUT2D eigenvalue weighted by atomic mass is 10.2. The molecule has 1 saturated heterocycles. The molecule has 0 N–H and O–H groups in total. The second-order valence-electron chi connectivity index (χ2n) is 5.95. The largest absolute Gasteiger partial charge is 0.444 e. The topological polar surface area (TPSA) is 77.3 Å². The van der Waals surface area contributed by atoms with Gasteiger partial charge in [0, 0.05) is 6.54 Å². The molecule has 1 amide bonds. The average molecular weight is 280 g/mol. The highest BCUT2D eigenvalue weighted by atomic mass is 16.6. The van der Waals surface area contributed by atoms with E-state index in [1.54, 1.807) is 15.8 Å². The molecule has 2 rings (SSSR count). The van der Waals surface area contributed by atoms with E-state index in [4.69, 9.17) is 4.74 Å². The van der Waals surface area contributed by atoms with E-state index < -0.39 is 5.60 Å². The van der Waals surface area contributed by atoms with Gasteiger partial charge in [-0.2, -0.15) is 0 Å². The van der Waals surface area contributed by atoms with Crippen LogP contribution in [0.1, 0.15) is 44.1 Å². The maximum atomic E-state index is 12.1. The smallest absolute Gasteiger partial charge is 0.410 e. The fourth-order valence-electron chi connectivity index (χ4n) is 2.26. The predicted molar refractivity (Wildman–Crippen MR) is 71.4 cm³/mol. The Bertz CT molecular complexity index is 492. The lowest BCUT2D eigenvalue weighted by molar-refractivity contribution is 0.0211. The molecule has 1 aromatic heterocycles. The van der Waals surface area contributed by atoms with Crippen LogP contribution < -0.4 is 0 Å². The van der Waals surface area contributed by atoms with Gasteiger partial charge in [0.15, 0.2) is 6.29 Å². The van der Waals surface area contributed by atoms with Crippen LogP contribution in [0.3, 0.4) is 0 Å². The summed E-state index contributed by atoms with van der Waals surface area (Å²) in [6.07, 6.45) is 3.78. The molecule has 0 bridgehead atoms. The third-order valence-corrected chi connectivity index (χ3v) is 3.08. The summed E-state index contributed by atoms with van der Waals surface area (Å²) >= 11 is 0. The highest BCUT2D eigenvalue weighted by molar-refractivity contribution is 5.70. The number of hydrogen-bond acceptors (Lipinski definition) is 5. The van der Waals surface area contributed by atoms with Gasteiger partial charge in [0.1, 0.15) is 11.3 Å². The minimum Gasteiger partial charge on any atom is -0.444 e. The molecule has 0 radical (unpaired) electrons. The van der Waals surface area contributed by atoms with Gasteiger partial charge in [0.05, 0.1) is 18.8 Å². The maximum Gasteiger partial charge on any atom is 0.410 e. The van der Waals surface area contributed by atoms with E-state index >= 15 is 0 Å². The summed E-state index contributed by atoms with van der Waals surface area (Å²) in [5.41, 5.74) is -0.200. The van der Waals surface area contributed by atoms with Gasteiger partial charge in [0.2, 0.25) is 0 Å². The third kappa shape index (κ3) is 3.55. The Labute approximate surface area is 117 Å². The zero-order chi connectivity index (χ0) is 14.8. The van der Waals surface area contributed by atoms with Crippen molar-refractivity contribution in [3.63, 3.8) is 0 Å². The van der Waals surface area contributed by atoms with Crippen LogP contribution in [0.5, 0.6) is 0 Å². The quantitative estimate of drug-likeness (QED) is 0.784. The number of amides is 1. The second kappa shape index (κ2) is 5.60. The first kappa shape index (κ1) is 14.5. The van der Waals surface area contributed by atoms with Crippen LogP contribution in [0.15, 0.2) is 6.20 Å². The van der Waals surface area contributed by atoms with Crippen LogP contribution in [0.4, 0.5) is 4.79 Å². The number of aldehydes is 1. The minimum absolute atomic E-state index is 0.0334. The Morgan fingerprint density at radius 2 is 2.30 bits per heavy atom. The van der Waals surface area contributed by atoms with Crippen molar-refractivity contribution in [3.05, 3.63) is 11.9 Å². The van der Waals surface area contributed by atoms with E-state index in [2.05, 4.69) is 10.3 Å². The number of carbonyl (C=O) groups is 2. The molecule has 2 heterocycles. The highest BCUT2D eigenvalue weighted by Crippen LogP contribution is 2.21. The van der Waals surface area contributed by atoms with Crippen molar-refractivity contribution in [1.82, 2.24) is 19.9 Å². The molecule has 0 saturated carbocycles. The molecular weight excluding hydrogens is 260 g/mol. The van der Waals surface area contributed by atoms with Gasteiger partial charge >= 0.3 is 6.09 Å². The fourth-order valence-corrected chi connectivity index (χ4v) is 2.26. The lowest BCUT2D eigenvalue weighted by Gasteiger charge is -2.28. The van der Waals surface area contributed by atoms with Crippen molar-refractivity contribution >= 4 is 12.4 Å². The van der Waals surface area contributed by atoms with Crippen molar-refractivity contribution in [3.8, 4) is 0 Å². The van der Waals surface area contributed by atoms with E-state index in [9.17, 15) is 9.59 Å². The molecule has 7 nitrogen and oxygen atoms in total. The molecule has 0 aromatic carbocycles. The minimum atomic E-state index is -0.498. The first-order chi connectivity index (χ1) is 9.39. The van der Waals surface area contributed by atoms with E-state index in [0.29, 0.717) is 25.1 Å². The third-order valence-electron chi connectivity index (χ3n) is 3.08. The molecule has 1 aliphatic heterocycles. The zero-order valence-corrected chi connectivity index (χ0v) is 12.1. The standard InChI is InChI=1S/C13H20N4O3/c1-13(2,3)20-12(19)17-6-4-5-11(17)8-16-7-10(9-18)14-15-16/h7,9,11H,4-6,8H2,1-3H3/t11-/m1/s1. The van der Waals surface area contributed by atoms with E-state index in [1.807, 2.05) is 20.8 Å². The molecule has 0 aliphatic carbocycles. The number of ether oxygens (including phenoxy) is 1. The first-order valence-corrected chi connectivity index (χ1v) is 6.74. The Morgan fingerprint density at radius 1 is 1.55 bits per heavy atom. The Hall–Kier alpha value is -1.92. The van der Waals surface area contributed by atoms with E-state index in [0.717, 1.165) is 12.8 Å². The summed E-state index contributed by atoms with van der Waals surface area (Å²) in [7, 11) is 0. The van der Waals surface area contributed by atoms with Crippen molar-refractivity contribution in [2.75, 3.05) is 6.54 Å². The number of nitrogens with zero attached hydrogens (tertiary/aromatic N) is 4. The van der Waals surface area contributed by atoms with Gasteiger partial charge < -0.3 is 9.64 Å². The SMILES string of the molecule is CC(C)(C)OC(=O)N1CCC[C@@H]1Cn1cc(C=O)nn1. The van der Waals surface area contributed by atoms with Crippen molar-refractivity contribution in [2.45, 2.75) is 51.8 Å². The van der Waals surface area contributed by atoms with Crippen molar-refractivity contribution < 1.29 is 14.3 Å². The van der Waals surface area contributed by atoms with Crippen LogP contribution in [-0.4, -0.2) is 50.5 Å². The van der Waals surface area contributed by atoms with E-state index in [1.165, 1.54) is 0 Å². The zero-order valence-electron chi connectivity index (χ0n) is 12.1. The number of rotatable bonds is 3. The van der Waals surface area contributed by atoms with Crippen LogP contribution >= 0.6 is 0 Å². The predicted octanol–water partition coefficient (Wildman–Crippen LogP) is 1.49. The van der Waals surface area contributed by atoms with Gasteiger partial charge in [-0.1, -0.05) is 5.21 Å². The van der Waals surface area contributed by atoms with Gasteiger partial charge in [-0.15, -0.1) is 5.10 Å². The lowest BCUT2D eigenvalue weighted by Crippen LogP contribution is -2.41. The summed E-state index contributed by atoms with van der Waals surface area (Å²) in [5.74, 6) is 0. The van der Waals surface area contributed by atoms with Gasteiger partial charge in [-0.25, -0.2) is 9.48 Å². The molecule has 0 spiro atoms. The van der Waals surface area contributed by atoms with Crippen LogP contribution in [0.25, 0.3) is 0 Å². The summed E-state index contributed by atoms with van der Waals surface area (Å²) in [5, 5.41) is 7.59. The Morgan fingerprint density at radius 3 is 2.90 bits per heavy atom. The van der Waals surface area contributed by atoms with Crippen LogP contribution in [0.2, 0.25) is 0 Å². The molecular formula is C13H20N4O3. The molecule has 1 fully saturated rings. The summed E-state index contributed by atoms with van der Waals surface area (Å²) in [4.78, 5) is 24.4. The molecule has 1 atom stereocenters. The monoisotopic (exact) mass is 280 g/mol. The molecule has 1 aliphatic rings. The van der Waals surface area contributed by atoms with Gasteiger partial charge in [-0.3, -0.25) is 4.79 Å². The molecule has 7 heteroatoms. The maximum absolute atomic E-state index is 12.1. The first-order valence-electron chi connectivity index (χ1n) is 6.74. The molecule has 20 heavy (non-hydrogen) atoms. The number of likely N-dealkylation sites (tertiary alicyclic amines) is 1. The van der Waals surface area contributed by atoms with Crippen LogP contribution in [0, 0.1) is 0 Å². The number of hydrogen-bond donors (Lipinski definition) is 0. The van der Waals surface area contributed by atoms with Gasteiger partial charge in [-0.05, 0) is 33.6 Å². The molecule has 1 aromatic rings. The average Bonchev–Trinajstić information content (AvgIpc) is 2.96. The molecule has 110 valence electrons. The summed E-state index contributed by atoms with van der Waals surface area (Å²) in [6, 6.07) is 0.0334. The number of carbonyl (C=O) groups excluding carboxylic acids is 2. The Kier molecular flexibility index (Phi) is 4.06. The van der Waals surface area contributed by atoms with Crippen molar-refractivity contribution in [2.24, 2.45) is 0 Å². The van der Waals surface area contributed by atoms with E-state index in [-0.39, 0.29) is 12.1 Å². The Balaban J connectivity index is 2.00. The number of aromatic nitrogens is 3. The van der Waals surface area contributed by atoms with Crippen molar-refractivity contribution in [1.29, 1.82) is 0 Å². The fraction of sp³-hybridized carbons (Fsp3) is 0.692. The van der Waals surface area contributed by atoms with Gasteiger partial charge in [0.25, 0.3) is 0 Å². The second-order valence-corrected chi connectivity index (χ2v) is 5.95.